The van der Waals surface area contributed by atoms with Gasteiger partial charge in [0.15, 0.2) is 0 Å². The van der Waals surface area contributed by atoms with Gasteiger partial charge in [0.2, 0.25) is 0 Å². The molecule has 0 heterocycles. The molecule has 2 nitrogen and oxygen atoms in total. The van der Waals surface area contributed by atoms with Gasteiger partial charge < -0.3 is 4.74 Å². The number of carbonyl (C=O) groups excluding carboxylic acids is 1. The van der Waals surface area contributed by atoms with Crippen LogP contribution < -0.4 is 0 Å². The molecule has 2 atom stereocenters. The summed E-state index contributed by atoms with van der Waals surface area (Å²) in [6, 6.07) is 18.4. The number of methoxy groups -OCH3 is 1. The van der Waals surface area contributed by atoms with Gasteiger partial charge in [0.1, 0.15) is 5.41 Å². The second-order valence-electron chi connectivity index (χ2n) is 5.50. The Morgan fingerprint density at radius 1 is 1.10 bits per heavy atom. The van der Waals surface area contributed by atoms with Crippen LogP contribution >= 0.6 is 0 Å². The Balaban J connectivity index is 1.99. The van der Waals surface area contributed by atoms with Crippen molar-refractivity contribution in [2.75, 3.05) is 7.11 Å². The first kappa shape index (κ1) is 12.9. The van der Waals surface area contributed by atoms with Crippen molar-refractivity contribution in [3.63, 3.8) is 0 Å². The van der Waals surface area contributed by atoms with Gasteiger partial charge >= 0.3 is 5.97 Å². The predicted octanol–water partition coefficient (Wildman–Crippen LogP) is 3.59. The standard InChI is InChI=1S/C18H18O2/c1-13-8-10-14(11-9-13)16-12-18(16,17(19)20-2)15-6-4-3-5-7-15/h3-11,16H,12H2,1-2H3/t16-,18-/m0/s1. The highest BCUT2D eigenvalue weighted by atomic mass is 16.5. The third kappa shape index (κ3) is 1.92. The second kappa shape index (κ2) is 4.78. The van der Waals surface area contributed by atoms with E-state index in [0.29, 0.717) is 0 Å². The summed E-state index contributed by atoms with van der Waals surface area (Å²) in [5.74, 6) is 0.0900. The molecule has 2 heteroatoms. The summed E-state index contributed by atoms with van der Waals surface area (Å²) in [5, 5.41) is 0. The van der Waals surface area contributed by atoms with Crippen LogP contribution in [-0.4, -0.2) is 13.1 Å². The topological polar surface area (TPSA) is 26.3 Å². The molecule has 1 saturated carbocycles. The number of hydrogen-bond acceptors (Lipinski definition) is 2. The second-order valence-corrected chi connectivity index (χ2v) is 5.50. The molecule has 3 rings (SSSR count). The molecule has 2 aromatic rings. The van der Waals surface area contributed by atoms with E-state index < -0.39 is 5.41 Å². The summed E-state index contributed by atoms with van der Waals surface area (Å²) in [7, 11) is 1.47. The number of carbonyl (C=O) groups is 1. The molecule has 0 unspecified atom stereocenters. The Kier molecular flexibility index (Phi) is 3.09. The van der Waals surface area contributed by atoms with E-state index in [2.05, 4.69) is 31.2 Å². The van der Waals surface area contributed by atoms with Crippen molar-refractivity contribution in [1.29, 1.82) is 0 Å². The van der Waals surface area contributed by atoms with E-state index in [9.17, 15) is 4.79 Å². The van der Waals surface area contributed by atoms with Crippen molar-refractivity contribution in [1.82, 2.24) is 0 Å². The smallest absolute Gasteiger partial charge is 0.316 e. The molecule has 0 radical (unpaired) electrons. The fourth-order valence-electron chi connectivity index (χ4n) is 3.04. The number of ether oxygens (including phenoxy) is 1. The van der Waals surface area contributed by atoms with Crippen LogP contribution in [0.4, 0.5) is 0 Å². The summed E-state index contributed by atoms with van der Waals surface area (Å²) >= 11 is 0. The number of hydrogen-bond donors (Lipinski definition) is 0. The Morgan fingerprint density at radius 2 is 1.75 bits per heavy atom. The van der Waals surface area contributed by atoms with Crippen LogP contribution in [0.15, 0.2) is 54.6 Å². The molecule has 0 saturated heterocycles. The van der Waals surface area contributed by atoms with E-state index in [1.165, 1.54) is 18.2 Å². The van der Waals surface area contributed by atoms with Crippen molar-refractivity contribution in [2.45, 2.75) is 24.7 Å². The fraction of sp³-hybridized carbons (Fsp3) is 0.278. The highest BCUT2D eigenvalue weighted by molar-refractivity contribution is 5.89. The van der Waals surface area contributed by atoms with E-state index in [-0.39, 0.29) is 11.9 Å². The van der Waals surface area contributed by atoms with Crippen LogP contribution in [0.2, 0.25) is 0 Å². The third-order valence-corrected chi connectivity index (χ3v) is 4.28. The zero-order chi connectivity index (χ0) is 14.2. The Bertz CT molecular complexity index is 616. The molecule has 0 N–H and O–H groups in total. The number of aryl methyl sites for hydroxylation is 1. The fourth-order valence-corrected chi connectivity index (χ4v) is 3.04. The summed E-state index contributed by atoms with van der Waals surface area (Å²) in [6.07, 6.45) is 0.826. The van der Waals surface area contributed by atoms with E-state index in [0.717, 1.165) is 12.0 Å². The average molecular weight is 266 g/mol. The molecule has 20 heavy (non-hydrogen) atoms. The molecule has 0 spiro atoms. The Hall–Kier alpha value is -2.09. The van der Waals surface area contributed by atoms with Gasteiger partial charge in [-0.3, -0.25) is 4.79 Å². The number of esters is 1. The lowest BCUT2D eigenvalue weighted by Gasteiger charge is -2.15. The van der Waals surface area contributed by atoms with Gasteiger partial charge in [-0.1, -0.05) is 60.2 Å². The van der Waals surface area contributed by atoms with Gasteiger partial charge in [0, 0.05) is 5.92 Å². The van der Waals surface area contributed by atoms with Crippen LogP contribution in [0.5, 0.6) is 0 Å². The van der Waals surface area contributed by atoms with Gasteiger partial charge in [-0.2, -0.15) is 0 Å². The van der Waals surface area contributed by atoms with E-state index in [1.54, 1.807) is 0 Å². The number of benzene rings is 2. The highest BCUT2D eigenvalue weighted by Crippen LogP contribution is 2.61. The van der Waals surface area contributed by atoms with Gasteiger partial charge in [-0.05, 0) is 24.5 Å². The zero-order valence-electron chi connectivity index (χ0n) is 11.8. The monoisotopic (exact) mass is 266 g/mol. The molecule has 1 aliphatic carbocycles. The van der Waals surface area contributed by atoms with Crippen molar-refractivity contribution in [2.24, 2.45) is 0 Å². The lowest BCUT2D eigenvalue weighted by molar-refractivity contribution is -0.143. The lowest BCUT2D eigenvalue weighted by atomic mass is 9.90. The molecule has 1 aliphatic rings. The summed E-state index contributed by atoms with van der Waals surface area (Å²) < 4.78 is 5.07. The third-order valence-electron chi connectivity index (χ3n) is 4.28. The van der Waals surface area contributed by atoms with Crippen molar-refractivity contribution in [3.05, 3.63) is 71.3 Å². The van der Waals surface area contributed by atoms with Crippen molar-refractivity contribution >= 4 is 5.97 Å². The van der Waals surface area contributed by atoms with Crippen LogP contribution in [0, 0.1) is 6.92 Å². The van der Waals surface area contributed by atoms with Gasteiger partial charge in [-0.25, -0.2) is 0 Å². The largest absolute Gasteiger partial charge is 0.468 e. The average Bonchev–Trinajstić information content (AvgIpc) is 3.25. The first-order valence-corrected chi connectivity index (χ1v) is 6.89. The van der Waals surface area contributed by atoms with Crippen molar-refractivity contribution < 1.29 is 9.53 Å². The maximum absolute atomic E-state index is 12.3. The zero-order valence-corrected chi connectivity index (χ0v) is 11.8. The summed E-state index contributed by atoms with van der Waals surface area (Å²) in [5.41, 5.74) is 3.01. The lowest BCUT2D eigenvalue weighted by Crippen LogP contribution is -2.24. The maximum atomic E-state index is 12.3. The molecule has 0 bridgehead atoms. The molecule has 102 valence electrons. The quantitative estimate of drug-likeness (QED) is 0.793. The van der Waals surface area contributed by atoms with Gasteiger partial charge in [0.25, 0.3) is 0 Å². The van der Waals surface area contributed by atoms with Crippen LogP contribution in [-0.2, 0) is 14.9 Å². The van der Waals surface area contributed by atoms with E-state index >= 15 is 0 Å². The molecule has 1 fully saturated rings. The molecular weight excluding hydrogens is 248 g/mol. The van der Waals surface area contributed by atoms with Crippen LogP contribution in [0.25, 0.3) is 0 Å². The normalized spacial score (nSPS) is 24.2. The SMILES string of the molecule is COC(=O)[C@]1(c2ccccc2)C[C@H]1c1ccc(C)cc1. The van der Waals surface area contributed by atoms with E-state index in [1.807, 2.05) is 30.3 Å². The summed E-state index contributed by atoms with van der Waals surface area (Å²) in [6.45, 7) is 2.07. The first-order chi connectivity index (χ1) is 9.68. The molecule has 2 aromatic carbocycles. The Morgan fingerprint density at radius 3 is 2.35 bits per heavy atom. The van der Waals surface area contributed by atoms with Crippen LogP contribution in [0.3, 0.4) is 0 Å². The van der Waals surface area contributed by atoms with Gasteiger partial charge in [-0.15, -0.1) is 0 Å². The predicted molar refractivity (Wildman–Crippen MR) is 78.7 cm³/mol. The maximum Gasteiger partial charge on any atom is 0.316 e. The minimum Gasteiger partial charge on any atom is -0.468 e. The van der Waals surface area contributed by atoms with Crippen molar-refractivity contribution in [3.8, 4) is 0 Å². The molecule has 0 aromatic heterocycles. The summed E-state index contributed by atoms with van der Waals surface area (Å²) in [4.78, 5) is 12.3. The number of rotatable bonds is 3. The highest BCUT2D eigenvalue weighted by Gasteiger charge is 2.62. The molecule has 0 aliphatic heterocycles. The van der Waals surface area contributed by atoms with Crippen LogP contribution in [0.1, 0.15) is 29.0 Å². The minimum absolute atomic E-state index is 0.130. The first-order valence-electron chi connectivity index (χ1n) is 6.89. The molecular formula is C18H18O2. The minimum atomic E-state index is -0.495. The van der Waals surface area contributed by atoms with Gasteiger partial charge in [0.05, 0.1) is 7.11 Å². The molecule has 0 amide bonds. The van der Waals surface area contributed by atoms with E-state index in [4.69, 9.17) is 4.74 Å². The Labute approximate surface area is 119 Å².